The predicted octanol–water partition coefficient (Wildman–Crippen LogP) is 4.06. The lowest BCUT2D eigenvalue weighted by molar-refractivity contribution is 0.0607. The number of carbonyl (C=O) groups excluding carboxylic acids is 2. The molecule has 2 aromatic carbocycles. The second-order valence-electron chi connectivity index (χ2n) is 9.17. The summed E-state index contributed by atoms with van der Waals surface area (Å²) < 4.78 is 0. The summed E-state index contributed by atoms with van der Waals surface area (Å²) >= 11 is 0. The number of fused-ring (bicyclic) bond motifs is 2. The number of hydrogen-bond acceptors (Lipinski definition) is 6. The number of anilines is 1. The Hall–Kier alpha value is -4.04. The number of benzene rings is 2. The molecule has 1 unspecified atom stereocenters. The van der Waals surface area contributed by atoms with Crippen molar-refractivity contribution in [2.45, 2.75) is 43.9 Å². The van der Waals surface area contributed by atoms with Crippen LogP contribution in [0.25, 0.3) is 10.9 Å². The Morgan fingerprint density at radius 1 is 0.943 bits per heavy atom. The first-order valence-electron chi connectivity index (χ1n) is 11.9. The largest absolute Gasteiger partial charge is 0.393 e. The Labute approximate surface area is 202 Å². The van der Waals surface area contributed by atoms with Crippen LogP contribution < -0.4 is 5.32 Å². The molecule has 1 aliphatic carbocycles. The van der Waals surface area contributed by atoms with Gasteiger partial charge in [0.1, 0.15) is 6.04 Å². The molecule has 4 aromatic rings. The number of imide groups is 1. The molecule has 6 rings (SSSR count). The number of H-pyrrole nitrogens is 1. The van der Waals surface area contributed by atoms with Gasteiger partial charge in [-0.2, -0.15) is 0 Å². The van der Waals surface area contributed by atoms with Gasteiger partial charge in [0.2, 0.25) is 5.95 Å². The van der Waals surface area contributed by atoms with Gasteiger partial charge >= 0.3 is 0 Å². The van der Waals surface area contributed by atoms with Gasteiger partial charge in [-0.1, -0.05) is 24.3 Å². The third kappa shape index (κ3) is 3.76. The summed E-state index contributed by atoms with van der Waals surface area (Å²) in [5, 5.41) is 14.1. The normalized spacial score (nSPS) is 20.8. The monoisotopic (exact) mass is 467 g/mol. The van der Waals surface area contributed by atoms with Crippen molar-refractivity contribution >= 4 is 28.7 Å². The number of hydrogen-bond donors (Lipinski definition) is 3. The highest BCUT2D eigenvalue weighted by atomic mass is 16.3. The zero-order chi connectivity index (χ0) is 23.9. The van der Waals surface area contributed by atoms with Crippen LogP contribution in [0.1, 0.15) is 63.7 Å². The minimum Gasteiger partial charge on any atom is -0.393 e. The van der Waals surface area contributed by atoms with Gasteiger partial charge in [-0.25, -0.2) is 9.97 Å². The molecule has 1 aliphatic heterocycles. The first kappa shape index (κ1) is 21.5. The Morgan fingerprint density at radius 3 is 2.43 bits per heavy atom. The molecule has 3 N–H and O–H groups in total. The summed E-state index contributed by atoms with van der Waals surface area (Å²) in [4.78, 5) is 40.8. The van der Waals surface area contributed by atoms with Crippen LogP contribution in [0.2, 0.25) is 0 Å². The zero-order valence-corrected chi connectivity index (χ0v) is 19.0. The molecule has 35 heavy (non-hydrogen) atoms. The van der Waals surface area contributed by atoms with Crippen molar-refractivity contribution < 1.29 is 14.7 Å². The molecule has 0 radical (unpaired) electrons. The number of aromatic amines is 1. The van der Waals surface area contributed by atoms with Crippen LogP contribution >= 0.6 is 0 Å². The highest BCUT2D eigenvalue weighted by Gasteiger charge is 2.42. The zero-order valence-electron chi connectivity index (χ0n) is 19.0. The van der Waals surface area contributed by atoms with E-state index in [2.05, 4.69) is 15.3 Å². The molecule has 2 aromatic heterocycles. The van der Waals surface area contributed by atoms with Crippen LogP contribution in [-0.4, -0.2) is 48.9 Å². The SMILES string of the molecule is O=C1c2ccccc2C(=O)N1C(c1ccnc(NC2CCC(O)CC2)n1)c1cccc2[nH]ccc12. The van der Waals surface area contributed by atoms with Crippen LogP contribution in [0.5, 0.6) is 0 Å². The average molecular weight is 468 g/mol. The molecule has 8 heteroatoms. The van der Waals surface area contributed by atoms with E-state index >= 15 is 0 Å². The number of aromatic nitrogens is 3. The fraction of sp³-hybridized carbons (Fsp3) is 0.259. The van der Waals surface area contributed by atoms with E-state index in [4.69, 9.17) is 4.98 Å². The van der Waals surface area contributed by atoms with Crippen LogP contribution in [-0.2, 0) is 0 Å². The molecule has 3 heterocycles. The van der Waals surface area contributed by atoms with Gasteiger partial charge in [0.15, 0.2) is 0 Å². The minimum atomic E-state index is -0.723. The van der Waals surface area contributed by atoms with E-state index in [-0.39, 0.29) is 24.0 Å². The van der Waals surface area contributed by atoms with Gasteiger partial charge in [0.05, 0.1) is 22.9 Å². The van der Waals surface area contributed by atoms with Crippen molar-refractivity contribution in [1.29, 1.82) is 0 Å². The lowest BCUT2D eigenvalue weighted by Gasteiger charge is -2.28. The number of nitrogens with zero attached hydrogens (tertiary/aromatic N) is 3. The number of aliphatic hydroxyl groups excluding tert-OH is 1. The summed E-state index contributed by atoms with van der Waals surface area (Å²) in [6.07, 6.45) is 6.40. The van der Waals surface area contributed by atoms with Crippen molar-refractivity contribution in [1.82, 2.24) is 19.9 Å². The molecule has 0 saturated heterocycles. The Balaban J connectivity index is 1.44. The smallest absolute Gasteiger partial charge is 0.262 e. The molecule has 2 aliphatic rings. The van der Waals surface area contributed by atoms with Crippen molar-refractivity contribution in [3.05, 3.63) is 89.4 Å². The molecule has 1 atom stereocenters. The van der Waals surface area contributed by atoms with E-state index < -0.39 is 6.04 Å². The molecule has 2 amide bonds. The summed E-state index contributed by atoms with van der Waals surface area (Å²) in [7, 11) is 0. The van der Waals surface area contributed by atoms with Crippen molar-refractivity contribution in [3.63, 3.8) is 0 Å². The predicted molar refractivity (Wildman–Crippen MR) is 131 cm³/mol. The standard InChI is InChI=1S/C27H25N5O3/c33-17-10-8-16(9-11-17)30-27-29-15-13-23(31-27)24(19-6-3-7-22-18(19)12-14-28-22)32-25(34)20-4-1-2-5-21(20)26(32)35/h1-7,12-17,24,28,33H,8-11H2,(H,29,30,31). The first-order chi connectivity index (χ1) is 17.1. The second kappa shape index (κ2) is 8.63. The highest BCUT2D eigenvalue weighted by molar-refractivity contribution is 6.21. The van der Waals surface area contributed by atoms with Crippen molar-refractivity contribution in [2.24, 2.45) is 0 Å². The molecular weight excluding hydrogens is 442 g/mol. The molecule has 8 nitrogen and oxygen atoms in total. The second-order valence-corrected chi connectivity index (χ2v) is 9.17. The summed E-state index contributed by atoms with van der Waals surface area (Å²) in [6, 6.07) is 15.9. The van der Waals surface area contributed by atoms with E-state index in [0.717, 1.165) is 42.1 Å². The van der Waals surface area contributed by atoms with Crippen LogP contribution in [0.15, 0.2) is 67.0 Å². The molecule has 176 valence electrons. The van der Waals surface area contributed by atoms with Crippen molar-refractivity contribution in [2.75, 3.05) is 5.32 Å². The van der Waals surface area contributed by atoms with Crippen LogP contribution in [0, 0.1) is 0 Å². The van der Waals surface area contributed by atoms with Gasteiger partial charge in [0.25, 0.3) is 11.8 Å². The Morgan fingerprint density at radius 2 is 1.69 bits per heavy atom. The minimum absolute atomic E-state index is 0.166. The van der Waals surface area contributed by atoms with Crippen LogP contribution in [0.4, 0.5) is 5.95 Å². The maximum absolute atomic E-state index is 13.5. The van der Waals surface area contributed by atoms with Crippen LogP contribution in [0.3, 0.4) is 0 Å². The fourth-order valence-corrected chi connectivity index (χ4v) is 5.22. The van der Waals surface area contributed by atoms with Gasteiger partial charge in [0, 0.05) is 29.3 Å². The molecule has 1 fully saturated rings. The Kier molecular flexibility index (Phi) is 5.30. The maximum Gasteiger partial charge on any atom is 0.262 e. The lowest BCUT2D eigenvalue weighted by Crippen LogP contribution is -2.35. The highest BCUT2D eigenvalue weighted by Crippen LogP contribution is 2.38. The average Bonchev–Trinajstić information content (AvgIpc) is 3.46. The van der Waals surface area contributed by atoms with E-state index in [0.29, 0.717) is 22.8 Å². The third-order valence-corrected chi connectivity index (χ3v) is 6.99. The summed E-state index contributed by atoms with van der Waals surface area (Å²) in [5.74, 6) is -0.221. The molecular formula is C27H25N5O3. The number of nitrogens with one attached hydrogen (secondary N) is 2. The third-order valence-electron chi connectivity index (χ3n) is 6.99. The Bertz CT molecular complexity index is 1390. The van der Waals surface area contributed by atoms with E-state index in [1.54, 1.807) is 36.5 Å². The summed E-state index contributed by atoms with van der Waals surface area (Å²) in [6.45, 7) is 0. The van der Waals surface area contributed by atoms with Crippen molar-refractivity contribution in [3.8, 4) is 0 Å². The molecule has 1 saturated carbocycles. The van der Waals surface area contributed by atoms with E-state index in [1.807, 2.05) is 30.5 Å². The number of rotatable bonds is 5. The van der Waals surface area contributed by atoms with Gasteiger partial charge < -0.3 is 15.4 Å². The number of aliphatic hydroxyl groups is 1. The number of amides is 2. The topological polar surface area (TPSA) is 111 Å². The van der Waals surface area contributed by atoms with E-state index in [9.17, 15) is 14.7 Å². The molecule has 0 bridgehead atoms. The lowest BCUT2D eigenvalue weighted by atomic mass is 9.93. The molecule has 0 spiro atoms. The summed E-state index contributed by atoms with van der Waals surface area (Å²) in [5.41, 5.74) is 3.08. The quantitative estimate of drug-likeness (QED) is 0.382. The van der Waals surface area contributed by atoms with Gasteiger partial charge in [-0.3, -0.25) is 14.5 Å². The first-order valence-corrected chi connectivity index (χ1v) is 11.9. The fourth-order valence-electron chi connectivity index (χ4n) is 5.22. The van der Waals surface area contributed by atoms with Gasteiger partial charge in [-0.15, -0.1) is 0 Å². The number of carbonyl (C=O) groups is 2. The van der Waals surface area contributed by atoms with Gasteiger partial charge in [-0.05, 0) is 61.6 Å². The van der Waals surface area contributed by atoms with E-state index in [1.165, 1.54) is 4.90 Å². The maximum atomic E-state index is 13.5.